The zero-order chi connectivity index (χ0) is 10.8. The summed E-state index contributed by atoms with van der Waals surface area (Å²) in [6.07, 6.45) is 2.24. The molecule has 15 heavy (non-hydrogen) atoms. The van der Waals surface area contributed by atoms with Crippen molar-refractivity contribution in [3.05, 3.63) is 35.6 Å². The van der Waals surface area contributed by atoms with Gasteiger partial charge in [-0.25, -0.2) is 4.39 Å². The molecule has 1 aromatic carbocycles. The Hall–Kier alpha value is -0.890. The van der Waals surface area contributed by atoms with Crippen LogP contribution in [0.3, 0.4) is 0 Å². The van der Waals surface area contributed by atoms with Crippen molar-refractivity contribution in [1.29, 1.82) is 0 Å². The van der Waals surface area contributed by atoms with E-state index in [1.165, 1.54) is 12.5 Å². The maximum atomic E-state index is 13.0. The minimum absolute atomic E-state index is 0.133. The summed E-state index contributed by atoms with van der Waals surface area (Å²) in [5, 5.41) is 3.34. The monoisotopic (exact) mass is 207 g/mol. The van der Waals surface area contributed by atoms with Gasteiger partial charge in [0.2, 0.25) is 0 Å². The van der Waals surface area contributed by atoms with Crippen LogP contribution in [0, 0.1) is 17.7 Å². The molecule has 1 aliphatic rings. The summed E-state index contributed by atoms with van der Waals surface area (Å²) in [5.74, 6) is 1.47. The molecule has 3 atom stereocenters. The SMILES string of the molecule is CNC(Cc1cccc(F)c1)C1CC1C. The van der Waals surface area contributed by atoms with Crippen LogP contribution in [0.5, 0.6) is 0 Å². The molecule has 2 rings (SSSR count). The van der Waals surface area contributed by atoms with Gasteiger partial charge < -0.3 is 5.32 Å². The molecule has 82 valence electrons. The van der Waals surface area contributed by atoms with Gasteiger partial charge in [-0.2, -0.15) is 0 Å². The van der Waals surface area contributed by atoms with Crippen LogP contribution < -0.4 is 5.32 Å². The summed E-state index contributed by atoms with van der Waals surface area (Å²) >= 11 is 0. The summed E-state index contributed by atoms with van der Waals surface area (Å²) in [4.78, 5) is 0. The van der Waals surface area contributed by atoms with E-state index in [9.17, 15) is 4.39 Å². The molecule has 0 radical (unpaired) electrons. The van der Waals surface area contributed by atoms with E-state index in [4.69, 9.17) is 0 Å². The summed E-state index contributed by atoms with van der Waals surface area (Å²) in [6, 6.07) is 7.42. The van der Waals surface area contributed by atoms with Gasteiger partial charge in [0.05, 0.1) is 0 Å². The van der Waals surface area contributed by atoms with Crippen LogP contribution in [-0.2, 0) is 6.42 Å². The first kappa shape index (κ1) is 10.6. The van der Waals surface area contributed by atoms with E-state index in [0.29, 0.717) is 6.04 Å². The van der Waals surface area contributed by atoms with Gasteiger partial charge in [0, 0.05) is 6.04 Å². The maximum Gasteiger partial charge on any atom is 0.123 e. The highest BCUT2D eigenvalue weighted by atomic mass is 19.1. The predicted octanol–water partition coefficient (Wildman–Crippen LogP) is 2.61. The van der Waals surface area contributed by atoms with Crippen molar-refractivity contribution < 1.29 is 4.39 Å². The lowest BCUT2D eigenvalue weighted by Crippen LogP contribution is -2.30. The minimum Gasteiger partial charge on any atom is -0.316 e. The molecule has 0 aromatic heterocycles. The summed E-state index contributed by atoms with van der Waals surface area (Å²) in [7, 11) is 2.00. The molecule has 1 fully saturated rings. The van der Waals surface area contributed by atoms with Crippen LogP contribution in [0.2, 0.25) is 0 Å². The van der Waals surface area contributed by atoms with Gasteiger partial charge in [-0.3, -0.25) is 0 Å². The molecular formula is C13H18FN. The average Bonchev–Trinajstić information content (AvgIpc) is 2.92. The standard InChI is InChI=1S/C13H18FN/c1-9-6-12(9)13(15-2)8-10-4-3-5-11(14)7-10/h3-5,7,9,12-13,15H,6,8H2,1-2H3. The Bertz CT molecular complexity index is 337. The Morgan fingerprint density at radius 3 is 2.80 bits per heavy atom. The van der Waals surface area contributed by atoms with E-state index in [1.54, 1.807) is 12.1 Å². The van der Waals surface area contributed by atoms with Gasteiger partial charge in [-0.1, -0.05) is 19.1 Å². The summed E-state index contributed by atoms with van der Waals surface area (Å²) in [6.45, 7) is 2.28. The Labute approximate surface area is 90.7 Å². The third-order valence-electron chi connectivity index (χ3n) is 3.40. The van der Waals surface area contributed by atoms with E-state index in [2.05, 4.69) is 12.2 Å². The second-order valence-corrected chi connectivity index (χ2v) is 4.61. The topological polar surface area (TPSA) is 12.0 Å². The lowest BCUT2D eigenvalue weighted by Gasteiger charge is -2.15. The highest BCUT2D eigenvalue weighted by Gasteiger charge is 2.38. The van der Waals surface area contributed by atoms with Crippen LogP contribution in [0.25, 0.3) is 0 Å². The van der Waals surface area contributed by atoms with Crippen LogP contribution in [0.4, 0.5) is 4.39 Å². The van der Waals surface area contributed by atoms with Gasteiger partial charge in [0.1, 0.15) is 5.82 Å². The molecule has 1 aromatic rings. The Balaban J connectivity index is 2.00. The van der Waals surface area contributed by atoms with E-state index < -0.39 is 0 Å². The van der Waals surface area contributed by atoms with Gasteiger partial charge in [-0.05, 0) is 49.4 Å². The molecule has 0 aliphatic heterocycles. The third kappa shape index (κ3) is 2.57. The smallest absolute Gasteiger partial charge is 0.123 e. The van der Waals surface area contributed by atoms with Crippen molar-refractivity contribution in [3.63, 3.8) is 0 Å². The number of rotatable bonds is 4. The zero-order valence-electron chi connectivity index (χ0n) is 9.33. The van der Waals surface area contributed by atoms with Gasteiger partial charge in [-0.15, -0.1) is 0 Å². The second kappa shape index (κ2) is 4.31. The first-order valence-electron chi connectivity index (χ1n) is 5.62. The summed E-state index contributed by atoms with van der Waals surface area (Å²) < 4.78 is 13.0. The fourth-order valence-corrected chi connectivity index (χ4v) is 2.30. The lowest BCUT2D eigenvalue weighted by molar-refractivity contribution is 0.478. The number of hydrogen-bond donors (Lipinski definition) is 1. The Morgan fingerprint density at radius 1 is 1.53 bits per heavy atom. The molecule has 0 bridgehead atoms. The van der Waals surface area contributed by atoms with E-state index in [-0.39, 0.29) is 5.82 Å². The molecule has 1 saturated carbocycles. The summed E-state index contributed by atoms with van der Waals surface area (Å²) in [5.41, 5.74) is 1.09. The van der Waals surface area contributed by atoms with E-state index in [0.717, 1.165) is 23.8 Å². The zero-order valence-corrected chi connectivity index (χ0v) is 9.33. The number of benzene rings is 1. The van der Waals surface area contributed by atoms with Crippen molar-refractivity contribution in [2.45, 2.75) is 25.8 Å². The van der Waals surface area contributed by atoms with Gasteiger partial charge >= 0.3 is 0 Å². The lowest BCUT2D eigenvalue weighted by atomic mass is 10.0. The van der Waals surface area contributed by atoms with E-state index in [1.807, 2.05) is 13.1 Å². The fourth-order valence-electron chi connectivity index (χ4n) is 2.30. The maximum absolute atomic E-state index is 13.0. The number of nitrogens with one attached hydrogen (secondary N) is 1. The average molecular weight is 207 g/mol. The molecule has 2 heteroatoms. The van der Waals surface area contributed by atoms with Gasteiger partial charge in [0.15, 0.2) is 0 Å². The van der Waals surface area contributed by atoms with Crippen molar-refractivity contribution in [2.75, 3.05) is 7.05 Å². The predicted molar refractivity (Wildman–Crippen MR) is 60.2 cm³/mol. The molecule has 1 N–H and O–H groups in total. The van der Waals surface area contributed by atoms with Crippen molar-refractivity contribution in [2.24, 2.45) is 11.8 Å². The first-order chi connectivity index (χ1) is 7.20. The minimum atomic E-state index is -0.133. The van der Waals surface area contributed by atoms with Crippen molar-refractivity contribution in [3.8, 4) is 0 Å². The molecule has 3 unspecified atom stereocenters. The number of likely N-dealkylation sites (N-methyl/N-ethyl adjacent to an activating group) is 1. The van der Waals surface area contributed by atoms with Crippen LogP contribution >= 0.6 is 0 Å². The Morgan fingerprint density at radius 2 is 2.27 bits per heavy atom. The molecule has 0 heterocycles. The Kier molecular flexibility index (Phi) is 3.06. The van der Waals surface area contributed by atoms with Crippen molar-refractivity contribution in [1.82, 2.24) is 5.32 Å². The third-order valence-corrected chi connectivity index (χ3v) is 3.40. The first-order valence-corrected chi connectivity index (χ1v) is 5.62. The molecule has 1 aliphatic carbocycles. The molecule has 1 nitrogen and oxygen atoms in total. The highest BCUT2D eigenvalue weighted by Crippen LogP contribution is 2.41. The van der Waals surface area contributed by atoms with Crippen molar-refractivity contribution >= 4 is 0 Å². The number of hydrogen-bond acceptors (Lipinski definition) is 1. The molecule has 0 spiro atoms. The second-order valence-electron chi connectivity index (χ2n) is 4.61. The normalized spacial score (nSPS) is 26.3. The van der Waals surface area contributed by atoms with Gasteiger partial charge in [0.25, 0.3) is 0 Å². The molecular weight excluding hydrogens is 189 g/mol. The fraction of sp³-hybridized carbons (Fsp3) is 0.538. The highest BCUT2D eigenvalue weighted by molar-refractivity contribution is 5.18. The van der Waals surface area contributed by atoms with Crippen LogP contribution in [0.1, 0.15) is 18.9 Å². The van der Waals surface area contributed by atoms with Crippen LogP contribution in [-0.4, -0.2) is 13.1 Å². The molecule has 0 saturated heterocycles. The van der Waals surface area contributed by atoms with Crippen LogP contribution in [0.15, 0.2) is 24.3 Å². The van der Waals surface area contributed by atoms with E-state index >= 15 is 0 Å². The largest absolute Gasteiger partial charge is 0.316 e. The number of halogens is 1. The quantitative estimate of drug-likeness (QED) is 0.800. The molecule has 0 amide bonds.